The van der Waals surface area contributed by atoms with Crippen molar-refractivity contribution in [1.29, 1.82) is 0 Å². The van der Waals surface area contributed by atoms with Crippen LogP contribution in [0.15, 0.2) is 4.79 Å². The molecule has 1 aliphatic carbocycles. The van der Waals surface area contributed by atoms with E-state index in [0.29, 0.717) is 5.92 Å². The van der Waals surface area contributed by atoms with Crippen molar-refractivity contribution in [1.82, 2.24) is 25.0 Å². The Morgan fingerprint density at radius 2 is 2.16 bits per heavy atom. The van der Waals surface area contributed by atoms with Gasteiger partial charge in [0.15, 0.2) is 0 Å². The van der Waals surface area contributed by atoms with Crippen LogP contribution in [0.5, 0.6) is 0 Å². The van der Waals surface area contributed by atoms with E-state index < -0.39 is 0 Å². The monoisotopic (exact) mass is 265 g/mol. The zero-order valence-electron chi connectivity index (χ0n) is 11.6. The normalized spacial score (nSPS) is 27.1. The summed E-state index contributed by atoms with van der Waals surface area (Å²) < 4.78 is 0. The van der Waals surface area contributed by atoms with Gasteiger partial charge in [0.25, 0.3) is 0 Å². The van der Waals surface area contributed by atoms with Crippen LogP contribution in [-0.2, 0) is 6.54 Å². The van der Waals surface area contributed by atoms with Crippen molar-refractivity contribution in [3.8, 4) is 0 Å². The van der Waals surface area contributed by atoms with E-state index in [0.717, 1.165) is 38.0 Å². The Morgan fingerprint density at radius 3 is 2.79 bits per heavy atom. The molecular weight excluding hydrogens is 242 g/mol. The lowest BCUT2D eigenvalue weighted by Gasteiger charge is -2.37. The highest BCUT2D eigenvalue weighted by atomic mass is 16.1. The van der Waals surface area contributed by atoms with Gasteiger partial charge in [0.05, 0.1) is 6.54 Å². The lowest BCUT2D eigenvalue weighted by atomic mass is 9.91. The number of aromatic nitrogens is 3. The van der Waals surface area contributed by atoms with Crippen LogP contribution in [0.3, 0.4) is 0 Å². The van der Waals surface area contributed by atoms with E-state index in [1.54, 1.807) is 0 Å². The second kappa shape index (κ2) is 5.46. The van der Waals surface area contributed by atoms with E-state index in [9.17, 15) is 4.79 Å². The molecule has 6 nitrogen and oxygen atoms in total. The van der Waals surface area contributed by atoms with Gasteiger partial charge in [-0.05, 0) is 18.8 Å². The molecule has 2 heterocycles. The minimum Gasteiger partial charge on any atom is -0.299 e. The molecule has 0 spiro atoms. The third kappa shape index (κ3) is 3.06. The van der Waals surface area contributed by atoms with Crippen LogP contribution in [0.2, 0.25) is 0 Å². The molecule has 0 bridgehead atoms. The standard InChI is InChI=1S/C13H23N5O/c1-10-7-17(9-12-14-13(19)16-15-12)5-6-18(8-10)11-3-2-4-11/h10-11H,2-9H2,1H3,(H2,14,15,16,19). The van der Waals surface area contributed by atoms with Crippen LogP contribution in [-0.4, -0.2) is 57.2 Å². The molecule has 106 valence electrons. The number of H-pyrrole nitrogens is 2. The van der Waals surface area contributed by atoms with Crippen LogP contribution < -0.4 is 5.69 Å². The SMILES string of the molecule is CC1CN(Cc2n[nH]c(=O)[nH]2)CCN(C2CCC2)C1. The zero-order chi connectivity index (χ0) is 13.2. The first-order valence-electron chi connectivity index (χ1n) is 7.30. The van der Waals surface area contributed by atoms with E-state index >= 15 is 0 Å². The van der Waals surface area contributed by atoms with Crippen molar-refractivity contribution in [2.45, 2.75) is 38.8 Å². The first kappa shape index (κ1) is 12.9. The lowest BCUT2D eigenvalue weighted by Crippen LogP contribution is -2.43. The van der Waals surface area contributed by atoms with Crippen LogP contribution in [0.4, 0.5) is 0 Å². The fourth-order valence-electron chi connectivity index (χ4n) is 3.17. The summed E-state index contributed by atoms with van der Waals surface area (Å²) in [7, 11) is 0. The molecule has 0 aromatic carbocycles. The first-order chi connectivity index (χ1) is 9.20. The largest absolute Gasteiger partial charge is 0.340 e. The fraction of sp³-hybridized carbons (Fsp3) is 0.846. The molecule has 1 unspecified atom stereocenters. The molecule has 2 aliphatic rings. The molecule has 6 heteroatoms. The lowest BCUT2D eigenvalue weighted by molar-refractivity contribution is 0.122. The Labute approximate surface area is 113 Å². The van der Waals surface area contributed by atoms with Crippen molar-refractivity contribution in [2.75, 3.05) is 26.2 Å². The summed E-state index contributed by atoms with van der Waals surface area (Å²) in [5, 5.41) is 6.43. The van der Waals surface area contributed by atoms with Gasteiger partial charge in [-0.25, -0.2) is 9.89 Å². The van der Waals surface area contributed by atoms with Crippen LogP contribution in [0, 0.1) is 5.92 Å². The third-order valence-corrected chi connectivity index (χ3v) is 4.33. The molecule has 1 aromatic rings. The van der Waals surface area contributed by atoms with Gasteiger partial charge in [-0.2, -0.15) is 5.10 Å². The molecule has 1 aromatic heterocycles. The maximum absolute atomic E-state index is 11.1. The highest BCUT2D eigenvalue weighted by Gasteiger charge is 2.29. The van der Waals surface area contributed by atoms with Crippen LogP contribution in [0.1, 0.15) is 32.0 Å². The highest BCUT2D eigenvalue weighted by molar-refractivity contribution is 4.87. The molecule has 0 radical (unpaired) electrons. The number of aromatic amines is 2. The van der Waals surface area contributed by atoms with E-state index in [2.05, 4.69) is 31.9 Å². The zero-order valence-corrected chi connectivity index (χ0v) is 11.6. The number of nitrogens with zero attached hydrogens (tertiary/aromatic N) is 3. The number of nitrogens with one attached hydrogen (secondary N) is 2. The van der Waals surface area contributed by atoms with Crippen LogP contribution >= 0.6 is 0 Å². The van der Waals surface area contributed by atoms with Gasteiger partial charge in [0, 0.05) is 32.2 Å². The predicted molar refractivity (Wildman–Crippen MR) is 72.9 cm³/mol. The summed E-state index contributed by atoms with van der Waals surface area (Å²) in [5.74, 6) is 1.42. The van der Waals surface area contributed by atoms with Gasteiger partial charge in [-0.3, -0.25) is 14.8 Å². The quantitative estimate of drug-likeness (QED) is 0.830. The fourth-order valence-corrected chi connectivity index (χ4v) is 3.17. The first-order valence-corrected chi connectivity index (χ1v) is 7.30. The number of hydrogen-bond acceptors (Lipinski definition) is 4. The van der Waals surface area contributed by atoms with Crippen molar-refractivity contribution < 1.29 is 0 Å². The minimum absolute atomic E-state index is 0.214. The third-order valence-electron chi connectivity index (χ3n) is 4.33. The van der Waals surface area contributed by atoms with E-state index in [4.69, 9.17) is 0 Å². The molecule has 3 rings (SSSR count). The van der Waals surface area contributed by atoms with Gasteiger partial charge in [0.1, 0.15) is 5.82 Å². The average molecular weight is 265 g/mol. The topological polar surface area (TPSA) is 68.0 Å². The Balaban J connectivity index is 1.59. The number of rotatable bonds is 3. The molecule has 19 heavy (non-hydrogen) atoms. The maximum Gasteiger partial charge on any atom is 0.340 e. The summed E-state index contributed by atoms with van der Waals surface area (Å²) >= 11 is 0. The highest BCUT2D eigenvalue weighted by Crippen LogP contribution is 2.26. The Kier molecular flexibility index (Phi) is 3.70. The van der Waals surface area contributed by atoms with Crippen molar-refractivity contribution >= 4 is 0 Å². The molecule has 0 amide bonds. The summed E-state index contributed by atoms with van der Waals surface area (Å²) in [6.07, 6.45) is 4.15. The molecule has 1 atom stereocenters. The average Bonchev–Trinajstić information content (AvgIpc) is 2.59. The van der Waals surface area contributed by atoms with Crippen molar-refractivity contribution in [3.63, 3.8) is 0 Å². The molecule has 1 aliphatic heterocycles. The summed E-state index contributed by atoms with van der Waals surface area (Å²) in [4.78, 5) is 18.8. The van der Waals surface area contributed by atoms with Crippen molar-refractivity contribution in [2.24, 2.45) is 5.92 Å². The summed E-state index contributed by atoms with van der Waals surface area (Å²) in [5.41, 5.74) is -0.214. The second-order valence-electron chi connectivity index (χ2n) is 6.04. The molecule has 2 N–H and O–H groups in total. The molecule has 1 saturated carbocycles. The van der Waals surface area contributed by atoms with E-state index in [1.165, 1.54) is 25.8 Å². The van der Waals surface area contributed by atoms with Gasteiger partial charge < -0.3 is 0 Å². The van der Waals surface area contributed by atoms with Gasteiger partial charge in [0.2, 0.25) is 0 Å². The summed E-state index contributed by atoms with van der Waals surface area (Å²) in [6, 6.07) is 0.826. The van der Waals surface area contributed by atoms with Gasteiger partial charge in [-0.1, -0.05) is 13.3 Å². The predicted octanol–water partition coefficient (Wildman–Crippen LogP) is 0.404. The Hall–Kier alpha value is -1.14. The molecular formula is C13H23N5O. The maximum atomic E-state index is 11.1. The Morgan fingerprint density at radius 1 is 1.32 bits per heavy atom. The second-order valence-corrected chi connectivity index (χ2v) is 6.04. The van der Waals surface area contributed by atoms with Gasteiger partial charge in [-0.15, -0.1) is 0 Å². The Bertz CT molecular complexity index is 464. The smallest absolute Gasteiger partial charge is 0.299 e. The summed E-state index contributed by atoms with van der Waals surface area (Å²) in [6.45, 7) is 7.55. The van der Waals surface area contributed by atoms with E-state index in [1.807, 2.05) is 0 Å². The van der Waals surface area contributed by atoms with Gasteiger partial charge >= 0.3 is 5.69 Å². The van der Waals surface area contributed by atoms with E-state index in [-0.39, 0.29) is 5.69 Å². The molecule has 2 fully saturated rings. The van der Waals surface area contributed by atoms with Crippen molar-refractivity contribution in [3.05, 3.63) is 16.3 Å². The minimum atomic E-state index is -0.214. The number of hydrogen-bond donors (Lipinski definition) is 2. The molecule has 1 saturated heterocycles. The van der Waals surface area contributed by atoms with Crippen LogP contribution in [0.25, 0.3) is 0 Å².